The first-order chi connectivity index (χ1) is 13.3. The van der Waals surface area contributed by atoms with Crippen molar-refractivity contribution in [1.82, 2.24) is 4.90 Å². The number of sulfone groups is 1. The van der Waals surface area contributed by atoms with Crippen molar-refractivity contribution >= 4 is 33.2 Å². The number of carbonyl (C=O) groups is 2. The molecule has 4 rings (SSSR count). The third kappa shape index (κ3) is 3.60. The van der Waals surface area contributed by atoms with Gasteiger partial charge in [-0.1, -0.05) is 29.8 Å². The van der Waals surface area contributed by atoms with Crippen molar-refractivity contribution in [3.05, 3.63) is 53.6 Å². The van der Waals surface area contributed by atoms with Gasteiger partial charge in [-0.15, -0.1) is 0 Å². The fourth-order valence-electron chi connectivity index (χ4n) is 3.66. The molecule has 2 aliphatic rings. The molecule has 146 valence electrons. The number of urea groups is 1. The lowest BCUT2D eigenvalue weighted by molar-refractivity contribution is -0.114. The Labute approximate surface area is 163 Å². The first-order valence-electron chi connectivity index (χ1n) is 9.11. The van der Waals surface area contributed by atoms with E-state index in [0.717, 1.165) is 6.42 Å². The molecule has 2 aliphatic heterocycles. The summed E-state index contributed by atoms with van der Waals surface area (Å²) < 4.78 is 24.4. The number of amides is 3. The van der Waals surface area contributed by atoms with Gasteiger partial charge in [0.05, 0.1) is 10.6 Å². The lowest BCUT2D eigenvalue weighted by Crippen LogP contribution is -2.33. The van der Waals surface area contributed by atoms with Crippen LogP contribution in [0.1, 0.15) is 23.5 Å². The van der Waals surface area contributed by atoms with Gasteiger partial charge in [0.25, 0.3) is 0 Å². The second-order valence-corrected chi connectivity index (χ2v) is 9.25. The average molecular weight is 399 g/mol. The molecule has 0 aliphatic carbocycles. The van der Waals surface area contributed by atoms with Crippen LogP contribution in [0.25, 0.3) is 0 Å². The van der Waals surface area contributed by atoms with Crippen molar-refractivity contribution in [3.63, 3.8) is 0 Å². The van der Waals surface area contributed by atoms with Crippen molar-refractivity contribution in [3.8, 4) is 0 Å². The van der Waals surface area contributed by atoms with Gasteiger partial charge >= 0.3 is 6.03 Å². The molecule has 2 aromatic carbocycles. The Morgan fingerprint density at radius 2 is 1.93 bits per heavy atom. The highest BCUT2D eigenvalue weighted by Gasteiger charge is 2.30. The molecule has 2 N–H and O–H groups in total. The normalized spacial score (nSPS) is 20.4. The third-order valence-corrected chi connectivity index (χ3v) is 6.84. The number of aryl methyl sites for hydroxylation is 1. The minimum atomic E-state index is -3.69. The largest absolute Gasteiger partial charge is 0.324 e. The maximum atomic E-state index is 12.6. The topological polar surface area (TPSA) is 95.6 Å². The standard InChI is InChI=1S/C20H21N3O4S/c1-13-2-4-14(5-3-13)15-8-9-23(11-15)20(25)21-16-6-7-17-18(10-16)28(26,27)12-19(24)22-17/h2-7,10,15H,8-9,11-12H2,1H3,(H,21,25)(H,22,24). The lowest BCUT2D eigenvalue weighted by Gasteiger charge is -2.20. The predicted octanol–water partition coefficient (Wildman–Crippen LogP) is 2.74. The van der Waals surface area contributed by atoms with E-state index in [2.05, 4.69) is 34.9 Å². The number of hydrogen-bond acceptors (Lipinski definition) is 4. The number of hydrogen-bond donors (Lipinski definition) is 2. The molecule has 0 aromatic heterocycles. The second-order valence-electron chi connectivity index (χ2n) is 7.29. The Hall–Kier alpha value is -2.87. The zero-order valence-electron chi connectivity index (χ0n) is 15.4. The van der Waals surface area contributed by atoms with Crippen LogP contribution in [-0.4, -0.2) is 44.1 Å². The number of likely N-dealkylation sites (tertiary alicyclic amines) is 1. The first-order valence-corrected chi connectivity index (χ1v) is 10.8. The van der Waals surface area contributed by atoms with E-state index in [1.807, 2.05) is 6.92 Å². The molecule has 1 saturated heterocycles. The maximum absolute atomic E-state index is 12.6. The Morgan fingerprint density at radius 3 is 2.68 bits per heavy atom. The van der Waals surface area contributed by atoms with Gasteiger partial charge in [0.15, 0.2) is 9.84 Å². The Kier molecular flexibility index (Phi) is 4.58. The Morgan fingerprint density at radius 1 is 1.18 bits per heavy atom. The summed E-state index contributed by atoms with van der Waals surface area (Å²) in [5, 5.41) is 5.31. The molecule has 1 unspecified atom stereocenters. The summed E-state index contributed by atoms with van der Waals surface area (Å²) in [5.74, 6) is -0.837. The van der Waals surface area contributed by atoms with Crippen molar-refractivity contribution in [2.45, 2.75) is 24.2 Å². The van der Waals surface area contributed by atoms with Gasteiger partial charge in [0.2, 0.25) is 5.91 Å². The van der Waals surface area contributed by atoms with Gasteiger partial charge in [-0.05, 0) is 37.1 Å². The van der Waals surface area contributed by atoms with Gasteiger partial charge in [-0.25, -0.2) is 13.2 Å². The van der Waals surface area contributed by atoms with Crippen molar-refractivity contribution in [1.29, 1.82) is 0 Å². The summed E-state index contributed by atoms with van der Waals surface area (Å²) in [5.41, 5.74) is 3.06. The van der Waals surface area contributed by atoms with Crippen LogP contribution in [0.4, 0.5) is 16.2 Å². The van der Waals surface area contributed by atoms with E-state index >= 15 is 0 Å². The number of nitrogens with one attached hydrogen (secondary N) is 2. The summed E-state index contributed by atoms with van der Waals surface area (Å²) in [4.78, 5) is 25.9. The van der Waals surface area contributed by atoms with Gasteiger partial charge in [0.1, 0.15) is 5.75 Å². The smallest absolute Gasteiger partial charge is 0.321 e. The van der Waals surface area contributed by atoms with Crippen LogP contribution < -0.4 is 10.6 Å². The van der Waals surface area contributed by atoms with Crippen LogP contribution in [0.15, 0.2) is 47.4 Å². The van der Waals surface area contributed by atoms with E-state index in [9.17, 15) is 18.0 Å². The van der Waals surface area contributed by atoms with Crippen LogP contribution in [0.5, 0.6) is 0 Å². The van der Waals surface area contributed by atoms with Crippen LogP contribution >= 0.6 is 0 Å². The fraction of sp³-hybridized carbons (Fsp3) is 0.300. The highest BCUT2D eigenvalue weighted by Crippen LogP contribution is 2.31. The van der Waals surface area contributed by atoms with Gasteiger partial charge in [-0.2, -0.15) is 0 Å². The molecule has 3 amide bonds. The lowest BCUT2D eigenvalue weighted by atomic mass is 9.98. The van der Waals surface area contributed by atoms with Gasteiger partial charge < -0.3 is 15.5 Å². The molecule has 0 saturated carbocycles. The molecule has 0 spiro atoms. The van der Waals surface area contributed by atoms with E-state index in [-0.39, 0.29) is 16.6 Å². The number of anilines is 2. The third-order valence-electron chi connectivity index (χ3n) is 5.19. The van der Waals surface area contributed by atoms with Gasteiger partial charge in [-0.3, -0.25) is 4.79 Å². The molecule has 0 radical (unpaired) electrons. The molecular formula is C20H21N3O4S. The first kappa shape index (κ1) is 18.5. The van der Waals surface area contributed by atoms with E-state index in [1.54, 1.807) is 11.0 Å². The number of benzene rings is 2. The summed E-state index contributed by atoms with van der Waals surface area (Å²) >= 11 is 0. The van der Waals surface area contributed by atoms with E-state index < -0.39 is 21.5 Å². The van der Waals surface area contributed by atoms with Gasteiger partial charge in [0, 0.05) is 24.7 Å². The molecule has 1 atom stereocenters. The van der Waals surface area contributed by atoms with E-state index in [4.69, 9.17) is 0 Å². The highest BCUT2D eigenvalue weighted by atomic mass is 32.2. The number of carbonyl (C=O) groups excluding carboxylic acids is 2. The van der Waals surface area contributed by atoms with Crippen LogP contribution in [0, 0.1) is 6.92 Å². The molecule has 8 heteroatoms. The molecule has 0 bridgehead atoms. The zero-order valence-corrected chi connectivity index (χ0v) is 16.3. The molecule has 7 nitrogen and oxygen atoms in total. The van der Waals surface area contributed by atoms with E-state index in [1.165, 1.54) is 23.3 Å². The van der Waals surface area contributed by atoms with E-state index in [0.29, 0.717) is 24.7 Å². The maximum Gasteiger partial charge on any atom is 0.321 e. The van der Waals surface area contributed by atoms with Crippen LogP contribution in [0.3, 0.4) is 0 Å². The molecule has 2 heterocycles. The Balaban J connectivity index is 1.46. The second kappa shape index (κ2) is 6.94. The Bertz CT molecular complexity index is 1050. The summed E-state index contributed by atoms with van der Waals surface area (Å²) in [6.45, 7) is 3.31. The SMILES string of the molecule is Cc1ccc(C2CCN(C(=O)Nc3ccc4c(c3)S(=O)(=O)CC(=O)N4)C2)cc1. The zero-order chi connectivity index (χ0) is 19.9. The number of fused-ring (bicyclic) bond motifs is 1. The predicted molar refractivity (Wildman–Crippen MR) is 106 cm³/mol. The van der Waals surface area contributed by atoms with Crippen molar-refractivity contribution in [2.75, 3.05) is 29.5 Å². The van der Waals surface area contributed by atoms with Crippen molar-refractivity contribution < 1.29 is 18.0 Å². The minimum absolute atomic E-state index is 0.0313. The molecule has 2 aromatic rings. The van der Waals surface area contributed by atoms with Crippen molar-refractivity contribution in [2.24, 2.45) is 0 Å². The number of nitrogens with zero attached hydrogens (tertiary/aromatic N) is 1. The summed E-state index contributed by atoms with van der Waals surface area (Å²) in [7, 11) is -3.69. The minimum Gasteiger partial charge on any atom is -0.324 e. The monoisotopic (exact) mass is 399 g/mol. The van der Waals surface area contributed by atoms with Crippen LogP contribution in [0.2, 0.25) is 0 Å². The fourth-order valence-corrected chi connectivity index (χ4v) is 4.99. The molecular weight excluding hydrogens is 378 g/mol. The quantitative estimate of drug-likeness (QED) is 0.812. The molecule has 28 heavy (non-hydrogen) atoms. The number of rotatable bonds is 2. The summed E-state index contributed by atoms with van der Waals surface area (Å²) in [6, 6.07) is 12.6. The average Bonchev–Trinajstić information content (AvgIpc) is 3.12. The molecule has 1 fully saturated rings. The summed E-state index contributed by atoms with van der Waals surface area (Å²) in [6.07, 6.45) is 0.890. The highest BCUT2D eigenvalue weighted by molar-refractivity contribution is 7.92. The van der Waals surface area contributed by atoms with Crippen LogP contribution in [-0.2, 0) is 14.6 Å².